The number of carboxylic acid groups (broad SMARTS) is 1. The van der Waals surface area contributed by atoms with Gasteiger partial charge in [-0.15, -0.1) is 0 Å². The van der Waals surface area contributed by atoms with E-state index in [0.717, 1.165) is 23.3 Å². The number of aliphatic carboxylic acids is 1. The first-order valence-electron chi connectivity index (χ1n) is 6.90. The predicted molar refractivity (Wildman–Crippen MR) is 75.3 cm³/mol. The number of nitrogens with two attached hydrogens (primary N) is 1. The fourth-order valence-corrected chi connectivity index (χ4v) is 2.36. The third kappa shape index (κ3) is 3.22. The second-order valence-corrected chi connectivity index (χ2v) is 5.34. The Morgan fingerprint density at radius 2 is 1.80 bits per heavy atom. The molecule has 3 N–H and O–H groups in total. The van der Waals surface area contributed by atoms with Crippen molar-refractivity contribution in [3.63, 3.8) is 0 Å². The fraction of sp³-hybridized carbons (Fsp3) is 0.533. The van der Waals surface area contributed by atoms with Crippen molar-refractivity contribution in [2.45, 2.75) is 38.6 Å². The highest BCUT2D eigenvalue weighted by Crippen LogP contribution is 2.38. The lowest BCUT2D eigenvalue weighted by atomic mass is 9.91. The van der Waals surface area contributed by atoms with Crippen LogP contribution in [0.5, 0.6) is 11.5 Å². The van der Waals surface area contributed by atoms with Crippen molar-refractivity contribution in [1.82, 2.24) is 0 Å². The maximum atomic E-state index is 10.9. The van der Waals surface area contributed by atoms with Crippen LogP contribution in [0.1, 0.15) is 49.8 Å². The molecule has 5 nitrogen and oxygen atoms in total. The van der Waals surface area contributed by atoms with Crippen LogP contribution in [0.15, 0.2) is 12.1 Å². The Bertz CT molecular complexity index is 499. The molecule has 0 amide bonds. The molecule has 1 aromatic rings. The van der Waals surface area contributed by atoms with Gasteiger partial charge in [-0.3, -0.25) is 4.79 Å². The molecule has 0 saturated heterocycles. The number of hydrogen-bond donors (Lipinski definition) is 2. The van der Waals surface area contributed by atoms with Crippen LogP contribution < -0.4 is 15.2 Å². The molecule has 0 aromatic heterocycles. The first-order chi connectivity index (χ1) is 9.49. The van der Waals surface area contributed by atoms with E-state index in [-0.39, 0.29) is 12.3 Å². The van der Waals surface area contributed by atoms with Gasteiger partial charge in [0, 0.05) is 12.5 Å². The van der Waals surface area contributed by atoms with Gasteiger partial charge in [-0.25, -0.2) is 0 Å². The first kappa shape index (κ1) is 14.7. The molecule has 1 atom stereocenters. The van der Waals surface area contributed by atoms with Crippen molar-refractivity contribution in [2.24, 2.45) is 5.73 Å². The van der Waals surface area contributed by atoms with Gasteiger partial charge >= 0.3 is 5.97 Å². The van der Waals surface area contributed by atoms with Crippen LogP contribution in [0.25, 0.3) is 0 Å². The minimum absolute atomic E-state index is 0.0979. The van der Waals surface area contributed by atoms with Crippen molar-refractivity contribution < 1.29 is 19.4 Å². The predicted octanol–water partition coefficient (Wildman–Crippen LogP) is 2.45. The molecule has 1 aromatic carbocycles. The summed E-state index contributed by atoms with van der Waals surface area (Å²) in [6.07, 6.45) is 0.738. The normalized spacial score (nSPS) is 15.8. The van der Waals surface area contributed by atoms with Crippen LogP contribution in [0.2, 0.25) is 0 Å². The zero-order chi connectivity index (χ0) is 14.7. The molecule has 0 radical (unpaired) electrons. The lowest BCUT2D eigenvalue weighted by molar-refractivity contribution is -0.137. The van der Waals surface area contributed by atoms with Gasteiger partial charge in [0.2, 0.25) is 0 Å². The minimum atomic E-state index is -0.903. The molecule has 0 bridgehead atoms. The van der Waals surface area contributed by atoms with Gasteiger partial charge in [-0.2, -0.15) is 0 Å². The highest BCUT2D eigenvalue weighted by Gasteiger charge is 2.21. The molecule has 0 fully saturated rings. The number of benzene rings is 1. The maximum Gasteiger partial charge on any atom is 0.305 e. The van der Waals surface area contributed by atoms with E-state index in [1.165, 1.54) is 0 Å². The number of hydrogen-bond acceptors (Lipinski definition) is 4. The summed E-state index contributed by atoms with van der Waals surface area (Å²) in [5.74, 6) is 0.710. The molecule has 5 heteroatoms. The number of carboxylic acids is 1. The Morgan fingerprint density at radius 3 is 2.30 bits per heavy atom. The second kappa shape index (κ2) is 6.13. The largest absolute Gasteiger partial charge is 0.490 e. The van der Waals surface area contributed by atoms with E-state index in [1.807, 2.05) is 12.1 Å². The quantitative estimate of drug-likeness (QED) is 0.884. The smallest absolute Gasteiger partial charge is 0.305 e. The standard InChI is InChI=1S/C15H21NO4/c1-9(2)10-6-13-14(20-5-3-4-19-13)7-11(10)12(16)8-15(17)18/h6-7,9,12H,3-5,8,16H2,1-2H3,(H,17,18). The van der Waals surface area contributed by atoms with Crippen LogP contribution >= 0.6 is 0 Å². The molecular formula is C15H21NO4. The Morgan fingerprint density at radius 1 is 1.25 bits per heavy atom. The molecule has 0 aliphatic carbocycles. The molecule has 110 valence electrons. The monoisotopic (exact) mass is 279 g/mol. The molecular weight excluding hydrogens is 258 g/mol. The Balaban J connectivity index is 2.42. The molecule has 1 unspecified atom stereocenters. The van der Waals surface area contributed by atoms with E-state index in [0.29, 0.717) is 19.0 Å². The second-order valence-electron chi connectivity index (χ2n) is 5.34. The average Bonchev–Trinajstić information content (AvgIpc) is 2.60. The van der Waals surface area contributed by atoms with Gasteiger partial charge in [0.15, 0.2) is 11.5 Å². The first-order valence-corrected chi connectivity index (χ1v) is 6.90. The van der Waals surface area contributed by atoms with Crippen LogP contribution in [0, 0.1) is 0 Å². The van der Waals surface area contributed by atoms with Gasteiger partial charge in [0.25, 0.3) is 0 Å². The molecule has 1 aliphatic heterocycles. The lowest BCUT2D eigenvalue weighted by Crippen LogP contribution is -2.17. The molecule has 2 rings (SSSR count). The number of carbonyl (C=O) groups is 1. The lowest BCUT2D eigenvalue weighted by Gasteiger charge is -2.20. The Kier molecular flexibility index (Phi) is 4.49. The summed E-state index contributed by atoms with van der Waals surface area (Å²) in [5, 5.41) is 8.92. The van der Waals surface area contributed by atoms with Crippen LogP contribution in [0.4, 0.5) is 0 Å². The number of rotatable bonds is 4. The van der Waals surface area contributed by atoms with Gasteiger partial charge in [0.05, 0.1) is 19.6 Å². The fourth-order valence-electron chi connectivity index (χ4n) is 2.36. The van der Waals surface area contributed by atoms with Crippen molar-refractivity contribution in [2.75, 3.05) is 13.2 Å². The third-order valence-corrected chi connectivity index (χ3v) is 3.37. The van der Waals surface area contributed by atoms with E-state index >= 15 is 0 Å². The summed E-state index contributed by atoms with van der Waals surface area (Å²) < 4.78 is 11.3. The van der Waals surface area contributed by atoms with E-state index < -0.39 is 12.0 Å². The van der Waals surface area contributed by atoms with Gasteiger partial charge in [-0.1, -0.05) is 13.8 Å². The Labute approximate surface area is 118 Å². The molecule has 1 heterocycles. The maximum absolute atomic E-state index is 10.9. The minimum Gasteiger partial charge on any atom is -0.490 e. The number of ether oxygens (including phenoxy) is 2. The third-order valence-electron chi connectivity index (χ3n) is 3.37. The Hall–Kier alpha value is -1.75. The summed E-state index contributed by atoms with van der Waals surface area (Å²) >= 11 is 0. The average molecular weight is 279 g/mol. The van der Waals surface area contributed by atoms with E-state index in [2.05, 4.69) is 13.8 Å². The van der Waals surface area contributed by atoms with E-state index in [1.54, 1.807) is 0 Å². The summed E-state index contributed by atoms with van der Waals surface area (Å²) in [6.45, 7) is 5.33. The zero-order valence-corrected chi connectivity index (χ0v) is 11.9. The van der Waals surface area contributed by atoms with E-state index in [4.69, 9.17) is 20.3 Å². The van der Waals surface area contributed by atoms with Crippen molar-refractivity contribution in [3.05, 3.63) is 23.3 Å². The summed E-state index contributed by atoms with van der Waals surface area (Å²) in [7, 11) is 0. The topological polar surface area (TPSA) is 81.8 Å². The van der Waals surface area contributed by atoms with E-state index in [9.17, 15) is 4.79 Å². The van der Waals surface area contributed by atoms with Gasteiger partial charge in [-0.05, 0) is 29.2 Å². The van der Waals surface area contributed by atoms with Gasteiger partial charge < -0.3 is 20.3 Å². The highest BCUT2D eigenvalue weighted by atomic mass is 16.5. The molecule has 0 saturated carbocycles. The van der Waals surface area contributed by atoms with Crippen LogP contribution in [-0.4, -0.2) is 24.3 Å². The number of fused-ring (bicyclic) bond motifs is 1. The summed E-state index contributed by atoms with van der Waals surface area (Å²) in [6, 6.07) is 3.23. The highest BCUT2D eigenvalue weighted by molar-refractivity contribution is 5.68. The van der Waals surface area contributed by atoms with Crippen molar-refractivity contribution >= 4 is 5.97 Å². The van der Waals surface area contributed by atoms with Crippen LogP contribution in [-0.2, 0) is 4.79 Å². The van der Waals surface area contributed by atoms with Crippen LogP contribution in [0.3, 0.4) is 0 Å². The van der Waals surface area contributed by atoms with Crippen molar-refractivity contribution in [1.29, 1.82) is 0 Å². The summed E-state index contributed by atoms with van der Waals surface area (Å²) in [5.41, 5.74) is 7.87. The molecule has 20 heavy (non-hydrogen) atoms. The van der Waals surface area contributed by atoms with Gasteiger partial charge in [0.1, 0.15) is 0 Å². The zero-order valence-electron chi connectivity index (χ0n) is 11.9. The molecule has 1 aliphatic rings. The summed E-state index contributed by atoms with van der Waals surface area (Å²) in [4.78, 5) is 10.9. The SMILES string of the molecule is CC(C)c1cc2c(cc1C(N)CC(=O)O)OCCCO2. The van der Waals surface area contributed by atoms with Crippen molar-refractivity contribution in [3.8, 4) is 11.5 Å². The molecule has 0 spiro atoms.